The van der Waals surface area contributed by atoms with Crippen molar-refractivity contribution in [3.63, 3.8) is 0 Å². The molecule has 0 aliphatic heterocycles. The molecule has 2 nitrogen and oxygen atoms in total. The van der Waals surface area contributed by atoms with E-state index in [4.69, 9.17) is 0 Å². The van der Waals surface area contributed by atoms with Gasteiger partial charge in [-0.25, -0.2) is 0 Å². The van der Waals surface area contributed by atoms with Gasteiger partial charge in [-0.1, -0.05) is 24.3 Å². The Morgan fingerprint density at radius 1 is 0.900 bits per heavy atom. The Morgan fingerprint density at radius 3 is 1.80 bits per heavy atom. The van der Waals surface area contributed by atoms with Crippen LogP contribution in [0, 0.1) is 0 Å². The van der Waals surface area contributed by atoms with Gasteiger partial charge in [0.2, 0.25) is 0 Å². The van der Waals surface area contributed by atoms with E-state index in [0.717, 1.165) is 9.79 Å². The van der Waals surface area contributed by atoms with Gasteiger partial charge < -0.3 is 0 Å². The molecular weight excluding hydrogens is 288 g/mol. The number of carbonyl (C=O) groups is 2. The molecule has 4 heteroatoms. The van der Waals surface area contributed by atoms with Crippen LogP contribution in [0.3, 0.4) is 0 Å². The minimum atomic E-state index is -0.169. The normalized spacial score (nSPS) is 10.3. The van der Waals surface area contributed by atoms with E-state index in [0.29, 0.717) is 11.1 Å². The number of benzene rings is 2. The highest BCUT2D eigenvalue weighted by atomic mass is 32.2. The Balaban J connectivity index is 2.06. The van der Waals surface area contributed by atoms with Gasteiger partial charge in [0.05, 0.1) is 6.42 Å². The Hall–Kier alpha value is -1.52. The van der Waals surface area contributed by atoms with Gasteiger partial charge in [-0.05, 0) is 30.5 Å². The van der Waals surface area contributed by atoms with Crippen LogP contribution < -0.4 is 0 Å². The monoisotopic (exact) mass is 302 g/mol. The van der Waals surface area contributed by atoms with Crippen molar-refractivity contribution in [1.82, 2.24) is 0 Å². The minimum Gasteiger partial charge on any atom is -0.294 e. The van der Waals surface area contributed by atoms with Crippen LogP contribution in [-0.4, -0.2) is 17.8 Å². The summed E-state index contributed by atoms with van der Waals surface area (Å²) in [6.07, 6.45) is 1.87. The highest BCUT2D eigenvalue weighted by Crippen LogP contribution is 2.17. The van der Waals surface area contributed by atoms with Gasteiger partial charge in [-0.2, -0.15) is 0 Å². The van der Waals surface area contributed by atoms with Crippen LogP contribution in [0.25, 0.3) is 0 Å². The molecule has 2 rings (SSSR count). The smallest absolute Gasteiger partial charge is 0.170 e. The standard InChI is InChI=1S/C16H14O2S2/c1-20-14-8-4-12(5-9-14)16(18)10-15(17)11-2-6-13(19)7-3-11/h2-9,19H,10H2,1H3. The quantitative estimate of drug-likeness (QED) is 0.390. The van der Waals surface area contributed by atoms with E-state index in [9.17, 15) is 9.59 Å². The van der Waals surface area contributed by atoms with Crippen LogP contribution in [0.2, 0.25) is 0 Å². The fourth-order valence-electron chi connectivity index (χ4n) is 1.77. The number of hydrogen-bond acceptors (Lipinski definition) is 4. The van der Waals surface area contributed by atoms with Crippen LogP contribution in [0.4, 0.5) is 0 Å². The average molecular weight is 302 g/mol. The summed E-state index contributed by atoms with van der Waals surface area (Å²) in [5, 5.41) is 0. The van der Waals surface area contributed by atoms with Crippen molar-refractivity contribution in [1.29, 1.82) is 0 Å². The molecule has 0 unspecified atom stereocenters. The summed E-state index contributed by atoms with van der Waals surface area (Å²) in [4.78, 5) is 26.0. The fourth-order valence-corrected chi connectivity index (χ4v) is 2.33. The molecule has 0 saturated carbocycles. The van der Waals surface area contributed by atoms with Crippen LogP contribution in [0.15, 0.2) is 58.3 Å². The molecular formula is C16H14O2S2. The molecule has 0 aliphatic rings. The molecule has 0 heterocycles. The lowest BCUT2D eigenvalue weighted by molar-refractivity contribution is 0.0894. The van der Waals surface area contributed by atoms with Gasteiger partial charge in [0.15, 0.2) is 11.6 Å². The molecule has 0 N–H and O–H groups in total. The number of Topliss-reactive ketones (excluding diaryl/α,β-unsaturated/α-hetero) is 2. The number of thiol groups is 1. The van der Waals surface area contributed by atoms with E-state index < -0.39 is 0 Å². The molecule has 2 aromatic rings. The number of carbonyl (C=O) groups excluding carboxylic acids is 2. The summed E-state index contributed by atoms with van der Waals surface area (Å²) in [5.74, 6) is -0.324. The third-order valence-electron chi connectivity index (χ3n) is 2.92. The molecule has 0 amide bonds. The van der Waals surface area contributed by atoms with Crippen molar-refractivity contribution in [2.45, 2.75) is 16.2 Å². The van der Waals surface area contributed by atoms with Crippen molar-refractivity contribution in [3.8, 4) is 0 Å². The summed E-state index contributed by atoms with van der Waals surface area (Å²) < 4.78 is 0. The van der Waals surface area contributed by atoms with Crippen molar-refractivity contribution < 1.29 is 9.59 Å². The van der Waals surface area contributed by atoms with Gasteiger partial charge in [-0.3, -0.25) is 9.59 Å². The Morgan fingerprint density at radius 2 is 1.35 bits per heavy atom. The second kappa shape index (κ2) is 6.77. The van der Waals surface area contributed by atoms with Crippen molar-refractivity contribution in [2.24, 2.45) is 0 Å². The number of rotatable bonds is 5. The van der Waals surface area contributed by atoms with Gasteiger partial charge in [0.25, 0.3) is 0 Å². The highest BCUT2D eigenvalue weighted by Gasteiger charge is 2.13. The van der Waals surface area contributed by atoms with Crippen molar-refractivity contribution >= 4 is 36.0 Å². The van der Waals surface area contributed by atoms with Crippen molar-refractivity contribution in [3.05, 3.63) is 59.7 Å². The molecule has 102 valence electrons. The Bertz CT molecular complexity index is 616. The summed E-state index contributed by atoms with van der Waals surface area (Å²) in [6, 6.07) is 14.2. The maximum atomic E-state index is 12.1. The summed E-state index contributed by atoms with van der Waals surface area (Å²) >= 11 is 5.78. The maximum absolute atomic E-state index is 12.1. The zero-order chi connectivity index (χ0) is 14.5. The molecule has 0 atom stereocenters. The first-order chi connectivity index (χ1) is 9.60. The topological polar surface area (TPSA) is 34.1 Å². The minimum absolute atomic E-state index is 0.107. The zero-order valence-electron chi connectivity index (χ0n) is 11.0. The zero-order valence-corrected chi connectivity index (χ0v) is 12.7. The van der Waals surface area contributed by atoms with Gasteiger partial charge in [-0.15, -0.1) is 24.4 Å². The Kier molecular flexibility index (Phi) is 5.04. The second-order valence-electron chi connectivity index (χ2n) is 4.30. The highest BCUT2D eigenvalue weighted by molar-refractivity contribution is 7.98. The van der Waals surface area contributed by atoms with Crippen LogP contribution in [0.1, 0.15) is 27.1 Å². The lowest BCUT2D eigenvalue weighted by Gasteiger charge is -2.03. The lowest BCUT2D eigenvalue weighted by atomic mass is 10.0. The molecule has 0 radical (unpaired) electrons. The molecule has 20 heavy (non-hydrogen) atoms. The first kappa shape index (κ1) is 14.9. The SMILES string of the molecule is CSc1ccc(C(=O)CC(=O)c2ccc(S)cc2)cc1. The molecule has 0 spiro atoms. The second-order valence-corrected chi connectivity index (χ2v) is 5.69. The van der Waals surface area contributed by atoms with Crippen LogP contribution in [-0.2, 0) is 0 Å². The number of ketones is 2. The van der Waals surface area contributed by atoms with E-state index in [-0.39, 0.29) is 18.0 Å². The maximum Gasteiger partial charge on any atom is 0.170 e. The molecule has 2 aromatic carbocycles. The van der Waals surface area contributed by atoms with Gasteiger partial charge in [0.1, 0.15) is 0 Å². The molecule has 0 aliphatic carbocycles. The summed E-state index contributed by atoms with van der Waals surface area (Å²) in [5.41, 5.74) is 1.11. The largest absolute Gasteiger partial charge is 0.294 e. The summed E-state index contributed by atoms with van der Waals surface area (Å²) in [7, 11) is 0. The van der Waals surface area contributed by atoms with Gasteiger partial charge in [0, 0.05) is 20.9 Å². The summed E-state index contributed by atoms with van der Waals surface area (Å²) in [6.45, 7) is 0. The van der Waals surface area contributed by atoms with Crippen LogP contribution >= 0.6 is 24.4 Å². The lowest BCUT2D eigenvalue weighted by Crippen LogP contribution is -2.08. The van der Waals surface area contributed by atoms with Crippen molar-refractivity contribution in [2.75, 3.05) is 6.26 Å². The van der Waals surface area contributed by atoms with E-state index in [1.807, 2.05) is 18.4 Å². The van der Waals surface area contributed by atoms with E-state index in [1.165, 1.54) is 0 Å². The molecule has 0 saturated heterocycles. The molecule has 0 bridgehead atoms. The number of thioether (sulfide) groups is 1. The number of hydrogen-bond donors (Lipinski definition) is 1. The fraction of sp³-hybridized carbons (Fsp3) is 0.125. The predicted molar refractivity (Wildman–Crippen MR) is 85.2 cm³/mol. The first-order valence-electron chi connectivity index (χ1n) is 6.09. The van der Waals surface area contributed by atoms with Gasteiger partial charge >= 0.3 is 0 Å². The van der Waals surface area contributed by atoms with Crippen LogP contribution in [0.5, 0.6) is 0 Å². The van der Waals surface area contributed by atoms with E-state index in [2.05, 4.69) is 12.6 Å². The average Bonchev–Trinajstić information content (AvgIpc) is 2.48. The third-order valence-corrected chi connectivity index (χ3v) is 3.96. The Labute approximate surface area is 128 Å². The first-order valence-corrected chi connectivity index (χ1v) is 7.77. The van der Waals surface area contributed by atoms with E-state index >= 15 is 0 Å². The molecule has 0 aromatic heterocycles. The third kappa shape index (κ3) is 3.74. The van der Waals surface area contributed by atoms with E-state index in [1.54, 1.807) is 48.2 Å². The molecule has 0 fully saturated rings. The predicted octanol–water partition coefficient (Wildman–Crippen LogP) is 4.15.